The number of carboxylic acids is 1. The summed E-state index contributed by atoms with van der Waals surface area (Å²) in [7, 11) is 1.48. The number of ether oxygens (including phenoxy) is 2. The first-order chi connectivity index (χ1) is 17.4. The topological polar surface area (TPSA) is 140 Å². The molecule has 7 atom stereocenters. The Hall–Kier alpha value is -2.81. The zero-order chi connectivity index (χ0) is 27.2. The Morgan fingerprint density at radius 3 is 2.59 bits per heavy atom. The Kier molecular flexibility index (Phi) is 7.22. The van der Waals surface area contributed by atoms with Crippen LogP contribution in [0.4, 0.5) is 0 Å². The highest BCUT2D eigenvalue weighted by Gasteiger charge is 2.68. The maximum Gasteiger partial charge on any atom is 0.306 e. The predicted molar refractivity (Wildman–Crippen MR) is 134 cm³/mol. The van der Waals surface area contributed by atoms with Crippen LogP contribution in [0.2, 0.25) is 0 Å². The van der Waals surface area contributed by atoms with Crippen LogP contribution < -0.4 is 0 Å². The van der Waals surface area contributed by atoms with Crippen molar-refractivity contribution in [3.63, 3.8) is 0 Å². The molecule has 0 radical (unpaired) electrons. The molecule has 0 spiro atoms. The summed E-state index contributed by atoms with van der Waals surface area (Å²) in [6.07, 6.45) is 6.91. The zero-order valence-electron chi connectivity index (χ0n) is 22.0. The number of carbonyl (C=O) groups excluding carboxylic acids is 3. The first-order valence-electron chi connectivity index (χ1n) is 13.0. The van der Waals surface area contributed by atoms with E-state index in [0.29, 0.717) is 18.7 Å². The predicted octanol–water partition coefficient (Wildman–Crippen LogP) is 3.05. The second-order valence-corrected chi connectivity index (χ2v) is 11.4. The third-order valence-corrected chi connectivity index (χ3v) is 9.66. The molecule has 0 aromatic heterocycles. The Bertz CT molecular complexity index is 1090. The second kappa shape index (κ2) is 9.82. The number of esters is 1. The molecule has 9 heteroatoms. The minimum atomic E-state index is -1.24. The summed E-state index contributed by atoms with van der Waals surface area (Å²) < 4.78 is 10.5. The average Bonchev–Trinajstić information content (AvgIpc) is 3.13. The van der Waals surface area contributed by atoms with Gasteiger partial charge in [-0.15, -0.1) is 0 Å². The number of fused-ring (bicyclic) bond motifs is 5. The molecule has 202 valence electrons. The van der Waals surface area contributed by atoms with Gasteiger partial charge in [-0.2, -0.15) is 0 Å². The molecule has 0 amide bonds. The van der Waals surface area contributed by atoms with Crippen molar-refractivity contribution < 1.29 is 38.9 Å². The van der Waals surface area contributed by atoms with Crippen molar-refractivity contribution in [3.8, 4) is 0 Å². The number of aliphatic hydroxyl groups is 1. The smallest absolute Gasteiger partial charge is 0.306 e. The lowest BCUT2D eigenvalue weighted by Crippen LogP contribution is -2.61. The van der Waals surface area contributed by atoms with Crippen LogP contribution in [0.1, 0.15) is 65.7 Å². The first kappa shape index (κ1) is 27.2. The van der Waals surface area contributed by atoms with E-state index in [-0.39, 0.29) is 42.2 Å². The molecule has 0 saturated heterocycles. The van der Waals surface area contributed by atoms with Gasteiger partial charge in [-0.1, -0.05) is 25.5 Å². The van der Waals surface area contributed by atoms with Crippen LogP contribution in [0, 0.1) is 28.6 Å². The number of carboxylic acid groups (broad SMARTS) is 1. The number of aliphatic hydroxyl groups excluding tert-OH is 1. The number of carbonyl (C=O) groups is 4. The van der Waals surface area contributed by atoms with Gasteiger partial charge in [0.2, 0.25) is 0 Å². The SMILES string of the molecule is COC(C)=N[C@]1(C(=O)COC(=O)CCC(=O)O)CCC2C3CCC4=CC(=O)C=C[C@]4(C)C3[C@@H](O)C[C@@]21C. The highest BCUT2D eigenvalue weighted by molar-refractivity contribution is 6.01. The van der Waals surface area contributed by atoms with Gasteiger partial charge in [-0.25, -0.2) is 4.99 Å². The van der Waals surface area contributed by atoms with Crippen LogP contribution in [-0.4, -0.2) is 65.0 Å². The van der Waals surface area contributed by atoms with Crippen molar-refractivity contribution in [3.05, 3.63) is 23.8 Å². The summed E-state index contributed by atoms with van der Waals surface area (Å²) in [4.78, 5) is 53.5. The molecule has 4 rings (SSSR count). The summed E-state index contributed by atoms with van der Waals surface area (Å²) in [6, 6.07) is 0. The fraction of sp³-hybridized carbons (Fsp3) is 0.679. The molecule has 37 heavy (non-hydrogen) atoms. The lowest BCUT2D eigenvalue weighted by molar-refractivity contribution is -0.156. The molecule has 9 nitrogen and oxygen atoms in total. The van der Waals surface area contributed by atoms with Crippen LogP contribution in [0.25, 0.3) is 0 Å². The molecule has 4 aliphatic rings. The zero-order valence-corrected chi connectivity index (χ0v) is 22.0. The number of hydrogen-bond donors (Lipinski definition) is 2. The molecule has 4 aliphatic carbocycles. The highest BCUT2D eigenvalue weighted by Crippen LogP contribution is 2.68. The summed E-state index contributed by atoms with van der Waals surface area (Å²) in [5, 5.41) is 20.5. The number of aliphatic carboxylic acids is 1. The molecule has 3 unspecified atom stereocenters. The maximum absolute atomic E-state index is 13.8. The largest absolute Gasteiger partial charge is 0.484 e. The standard InChI is InChI=1S/C28H37NO8/c1-16(36-4)29-28(22(32)15-37-24(35)8-7-23(33)34)12-10-20-19-6-5-17-13-18(30)9-11-26(17,2)25(19)21(31)14-27(20,28)3/h9,11,13,19-21,25,31H,5-8,10,12,14-15H2,1-4H3,(H,33,34)/t19?,20?,21-,25?,26-,27-,28-/m0/s1. The Balaban J connectivity index is 1.66. The van der Waals surface area contributed by atoms with E-state index in [1.807, 2.05) is 13.0 Å². The van der Waals surface area contributed by atoms with E-state index in [0.717, 1.165) is 24.8 Å². The van der Waals surface area contributed by atoms with Crippen molar-refractivity contribution in [2.24, 2.45) is 33.6 Å². The van der Waals surface area contributed by atoms with Crippen LogP contribution in [0.5, 0.6) is 0 Å². The number of hydrogen-bond acceptors (Lipinski definition) is 8. The van der Waals surface area contributed by atoms with Gasteiger partial charge in [0.25, 0.3) is 0 Å². The summed E-state index contributed by atoms with van der Waals surface area (Å²) >= 11 is 0. The van der Waals surface area contributed by atoms with E-state index in [9.17, 15) is 24.3 Å². The summed E-state index contributed by atoms with van der Waals surface area (Å²) in [5.74, 6) is -1.79. The van der Waals surface area contributed by atoms with Gasteiger partial charge in [-0.3, -0.25) is 19.2 Å². The van der Waals surface area contributed by atoms with E-state index >= 15 is 0 Å². The Morgan fingerprint density at radius 1 is 1.19 bits per heavy atom. The number of Topliss-reactive ketones (excluding diaryl/α,β-unsaturated/α-hetero) is 1. The second-order valence-electron chi connectivity index (χ2n) is 11.4. The molecule has 0 aromatic carbocycles. The van der Waals surface area contributed by atoms with Crippen molar-refractivity contribution in [2.45, 2.75) is 77.4 Å². The lowest BCUT2D eigenvalue weighted by Gasteiger charge is -2.59. The number of methoxy groups -OCH3 is 1. The van der Waals surface area contributed by atoms with Gasteiger partial charge in [0.1, 0.15) is 5.54 Å². The van der Waals surface area contributed by atoms with Crippen molar-refractivity contribution in [1.82, 2.24) is 0 Å². The molecular formula is C28H37NO8. The number of rotatable bonds is 7. The molecule has 0 aliphatic heterocycles. The average molecular weight is 516 g/mol. The first-order valence-corrected chi connectivity index (χ1v) is 13.0. The molecule has 0 aromatic rings. The van der Waals surface area contributed by atoms with E-state index in [4.69, 9.17) is 19.6 Å². The summed E-state index contributed by atoms with van der Waals surface area (Å²) in [6.45, 7) is 5.27. The van der Waals surface area contributed by atoms with Crippen molar-refractivity contribution in [1.29, 1.82) is 0 Å². The molecular weight excluding hydrogens is 478 g/mol. The van der Waals surface area contributed by atoms with Crippen molar-refractivity contribution in [2.75, 3.05) is 13.7 Å². The van der Waals surface area contributed by atoms with E-state index < -0.39 is 41.0 Å². The van der Waals surface area contributed by atoms with E-state index in [1.54, 1.807) is 19.1 Å². The number of allylic oxidation sites excluding steroid dienone is 4. The Morgan fingerprint density at radius 2 is 1.92 bits per heavy atom. The van der Waals surface area contributed by atoms with Gasteiger partial charge in [0.15, 0.2) is 24.1 Å². The van der Waals surface area contributed by atoms with Crippen LogP contribution in [0.3, 0.4) is 0 Å². The molecule has 3 saturated carbocycles. The highest BCUT2D eigenvalue weighted by atomic mass is 16.5. The number of ketones is 2. The van der Waals surface area contributed by atoms with Crippen LogP contribution in [-0.2, 0) is 28.7 Å². The molecule has 3 fully saturated rings. The van der Waals surface area contributed by atoms with Gasteiger partial charge >= 0.3 is 11.9 Å². The van der Waals surface area contributed by atoms with Gasteiger partial charge in [0.05, 0.1) is 26.1 Å². The fourth-order valence-corrected chi connectivity index (χ4v) is 7.90. The normalized spacial score (nSPS) is 38.7. The third kappa shape index (κ3) is 4.45. The monoisotopic (exact) mass is 515 g/mol. The Labute approximate surface area is 217 Å². The maximum atomic E-state index is 13.8. The third-order valence-electron chi connectivity index (χ3n) is 9.66. The minimum Gasteiger partial charge on any atom is -0.484 e. The van der Waals surface area contributed by atoms with Crippen LogP contribution in [0.15, 0.2) is 28.8 Å². The van der Waals surface area contributed by atoms with Crippen LogP contribution >= 0.6 is 0 Å². The number of nitrogens with zero attached hydrogens (tertiary/aromatic N) is 1. The van der Waals surface area contributed by atoms with Gasteiger partial charge in [0, 0.05) is 23.7 Å². The molecule has 0 bridgehead atoms. The van der Waals surface area contributed by atoms with Gasteiger partial charge < -0.3 is 19.7 Å². The molecule has 0 heterocycles. The van der Waals surface area contributed by atoms with Crippen molar-refractivity contribution >= 4 is 29.4 Å². The lowest BCUT2D eigenvalue weighted by atomic mass is 9.46. The minimum absolute atomic E-state index is 0.0196. The molecule has 2 N–H and O–H groups in total. The number of aliphatic imine (C=N–C) groups is 1. The van der Waals surface area contributed by atoms with E-state index in [1.165, 1.54) is 7.11 Å². The quantitative estimate of drug-likeness (QED) is 0.300. The fourth-order valence-electron chi connectivity index (χ4n) is 7.90. The van der Waals surface area contributed by atoms with Gasteiger partial charge in [-0.05, 0) is 56.1 Å². The summed E-state index contributed by atoms with van der Waals surface area (Å²) in [5.41, 5.74) is -1.31. The van der Waals surface area contributed by atoms with E-state index in [2.05, 4.69) is 6.92 Å².